The van der Waals surface area contributed by atoms with E-state index >= 15 is 0 Å². The van der Waals surface area contributed by atoms with Crippen molar-refractivity contribution in [3.8, 4) is 0 Å². The Kier molecular flexibility index (Phi) is 5.80. The smallest absolute Gasteiger partial charge is 0.254 e. The first-order valence-corrected chi connectivity index (χ1v) is 8.38. The Labute approximate surface area is 150 Å². The van der Waals surface area contributed by atoms with Crippen LogP contribution in [0.3, 0.4) is 0 Å². The minimum absolute atomic E-state index is 0.0768. The lowest BCUT2D eigenvalue weighted by atomic mass is 10.1. The molecule has 2 N–H and O–H groups in total. The van der Waals surface area contributed by atoms with E-state index < -0.39 is 23.6 Å². The Bertz CT molecular complexity index is 762. The van der Waals surface area contributed by atoms with Crippen molar-refractivity contribution in [3.05, 3.63) is 65.2 Å². The standard InChI is InChI=1S/C19H20F2N2O3/c20-14-3-6-16(17(21)11-14)19(25)22-12-18(24)13-1-4-15(5-2-13)23-7-9-26-10-8-23/h1-6,11,18,24H,7-10,12H2,(H,22,25). The molecule has 1 fully saturated rings. The molecule has 2 aromatic carbocycles. The van der Waals surface area contributed by atoms with Gasteiger partial charge in [0.15, 0.2) is 0 Å². The van der Waals surface area contributed by atoms with Crippen LogP contribution >= 0.6 is 0 Å². The summed E-state index contributed by atoms with van der Waals surface area (Å²) in [5, 5.41) is 12.7. The van der Waals surface area contributed by atoms with E-state index in [4.69, 9.17) is 4.74 Å². The topological polar surface area (TPSA) is 61.8 Å². The van der Waals surface area contributed by atoms with Gasteiger partial charge in [-0.15, -0.1) is 0 Å². The number of carbonyl (C=O) groups is 1. The molecule has 3 rings (SSSR count). The maximum absolute atomic E-state index is 13.6. The van der Waals surface area contributed by atoms with Gasteiger partial charge >= 0.3 is 0 Å². The average molecular weight is 362 g/mol. The van der Waals surface area contributed by atoms with E-state index in [1.807, 2.05) is 12.1 Å². The van der Waals surface area contributed by atoms with Crippen LogP contribution in [0, 0.1) is 11.6 Å². The molecule has 0 bridgehead atoms. The zero-order valence-electron chi connectivity index (χ0n) is 14.1. The largest absolute Gasteiger partial charge is 0.387 e. The number of anilines is 1. The lowest BCUT2D eigenvalue weighted by Crippen LogP contribution is -2.36. The molecule has 1 saturated heterocycles. The van der Waals surface area contributed by atoms with Gasteiger partial charge in [0.25, 0.3) is 5.91 Å². The molecule has 1 atom stereocenters. The van der Waals surface area contributed by atoms with Crippen molar-refractivity contribution in [2.24, 2.45) is 0 Å². The first-order valence-electron chi connectivity index (χ1n) is 8.38. The van der Waals surface area contributed by atoms with E-state index in [2.05, 4.69) is 10.2 Å². The van der Waals surface area contributed by atoms with Crippen LogP contribution in [-0.2, 0) is 4.74 Å². The first-order chi connectivity index (χ1) is 12.5. The van der Waals surface area contributed by atoms with Crippen LogP contribution in [0.15, 0.2) is 42.5 Å². The molecular formula is C19H20F2N2O3. The summed E-state index contributed by atoms with van der Waals surface area (Å²) < 4.78 is 31.8. The molecule has 0 spiro atoms. The summed E-state index contributed by atoms with van der Waals surface area (Å²) in [5.74, 6) is -2.39. The van der Waals surface area contributed by atoms with Gasteiger partial charge in [0.1, 0.15) is 11.6 Å². The number of amides is 1. The number of benzene rings is 2. The predicted molar refractivity (Wildman–Crippen MR) is 93.1 cm³/mol. The van der Waals surface area contributed by atoms with Crippen molar-refractivity contribution >= 4 is 11.6 Å². The molecule has 1 aliphatic heterocycles. The van der Waals surface area contributed by atoms with E-state index in [9.17, 15) is 18.7 Å². The summed E-state index contributed by atoms with van der Waals surface area (Å²) in [6.45, 7) is 2.95. The Morgan fingerprint density at radius 2 is 1.85 bits per heavy atom. The number of carbonyl (C=O) groups excluding carboxylic acids is 1. The number of rotatable bonds is 5. The highest BCUT2D eigenvalue weighted by atomic mass is 19.1. The van der Waals surface area contributed by atoms with E-state index in [1.165, 1.54) is 0 Å². The molecule has 1 amide bonds. The van der Waals surface area contributed by atoms with Gasteiger partial charge in [0.2, 0.25) is 0 Å². The van der Waals surface area contributed by atoms with Gasteiger partial charge in [-0.2, -0.15) is 0 Å². The SMILES string of the molecule is O=C(NCC(O)c1ccc(N2CCOCC2)cc1)c1ccc(F)cc1F. The predicted octanol–water partition coefficient (Wildman–Crippen LogP) is 2.26. The molecule has 0 radical (unpaired) electrons. The number of halogens is 2. The summed E-state index contributed by atoms with van der Waals surface area (Å²) in [7, 11) is 0. The van der Waals surface area contributed by atoms with Crippen molar-refractivity contribution in [3.63, 3.8) is 0 Å². The monoisotopic (exact) mass is 362 g/mol. The van der Waals surface area contributed by atoms with E-state index in [0.717, 1.165) is 30.9 Å². The van der Waals surface area contributed by atoms with Crippen LogP contribution < -0.4 is 10.2 Å². The highest BCUT2D eigenvalue weighted by Crippen LogP contribution is 2.20. The third-order valence-electron chi connectivity index (χ3n) is 4.29. The van der Waals surface area contributed by atoms with Gasteiger partial charge in [-0.25, -0.2) is 8.78 Å². The lowest BCUT2D eigenvalue weighted by Gasteiger charge is -2.29. The van der Waals surface area contributed by atoms with Gasteiger partial charge in [0.05, 0.1) is 24.9 Å². The van der Waals surface area contributed by atoms with Crippen LogP contribution in [0.2, 0.25) is 0 Å². The molecular weight excluding hydrogens is 342 g/mol. The van der Waals surface area contributed by atoms with Crippen molar-refractivity contribution in [1.82, 2.24) is 5.32 Å². The minimum Gasteiger partial charge on any atom is -0.387 e. The van der Waals surface area contributed by atoms with Crippen LogP contribution in [0.4, 0.5) is 14.5 Å². The van der Waals surface area contributed by atoms with Crippen molar-refractivity contribution in [2.75, 3.05) is 37.7 Å². The summed E-state index contributed by atoms with van der Waals surface area (Å²) in [5.41, 5.74) is 1.42. The zero-order chi connectivity index (χ0) is 18.5. The second-order valence-electron chi connectivity index (χ2n) is 6.04. The fourth-order valence-electron chi connectivity index (χ4n) is 2.80. The number of hydrogen-bond acceptors (Lipinski definition) is 4. The van der Waals surface area contributed by atoms with Crippen molar-refractivity contribution in [2.45, 2.75) is 6.10 Å². The van der Waals surface area contributed by atoms with Gasteiger partial charge in [-0.3, -0.25) is 4.79 Å². The highest BCUT2D eigenvalue weighted by molar-refractivity contribution is 5.94. The second-order valence-corrected chi connectivity index (χ2v) is 6.04. The summed E-state index contributed by atoms with van der Waals surface area (Å²) in [6.07, 6.45) is -0.929. The number of ether oxygens (including phenoxy) is 1. The summed E-state index contributed by atoms with van der Waals surface area (Å²) in [6, 6.07) is 10.1. The molecule has 7 heteroatoms. The minimum atomic E-state index is -0.938. The lowest BCUT2D eigenvalue weighted by molar-refractivity contribution is 0.0912. The molecule has 1 heterocycles. The van der Waals surface area contributed by atoms with E-state index in [0.29, 0.717) is 24.8 Å². The molecule has 5 nitrogen and oxygen atoms in total. The van der Waals surface area contributed by atoms with Crippen LogP contribution in [0.5, 0.6) is 0 Å². The van der Waals surface area contributed by atoms with Gasteiger partial charge in [-0.05, 0) is 29.8 Å². The van der Waals surface area contributed by atoms with Crippen molar-refractivity contribution < 1.29 is 23.4 Å². The second kappa shape index (κ2) is 8.25. The molecule has 0 saturated carbocycles. The number of aliphatic hydroxyl groups excluding tert-OH is 1. The first kappa shape index (κ1) is 18.3. The van der Waals surface area contributed by atoms with Crippen LogP contribution in [0.1, 0.15) is 22.0 Å². The number of morpholine rings is 1. The Balaban J connectivity index is 1.57. The van der Waals surface area contributed by atoms with E-state index in [1.54, 1.807) is 12.1 Å². The number of hydrogen-bond donors (Lipinski definition) is 2. The summed E-state index contributed by atoms with van der Waals surface area (Å²) >= 11 is 0. The Hall–Kier alpha value is -2.51. The fraction of sp³-hybridized carbons (Fsp3) is 0.316. The fourth-order valence-corrected chi connectivity index (χ4v) is 2.80. The third-order valence-corrected chi connectivity index (χ3v) is 4.29. The van der Waals surface area contributed by atoms with Gasteiger partial charge in [-0.1, -0.05) is 12.1 Å². The Morgan fingerprint density at radius 3 is 2.50 bits per heavy atom. The van der Waals surface area contributed by atoms with Crippen LogP contribution in [-0.4, -0.2) is 43.9 Å². The van der Waals surface area contributed by atoms with E-state index in [-0.39, 0.29) is 12.1 Å². The molecule has 26 heavy (non-hydrogen) atoms. The zero-order valence-corrected chi connectivity index (χ0v) is 14.1. The maximum Gasteiger partial charge on any atom is 0.254 e. The molecule has 1 unspecified atom stereocenters. The van der Waals surface area contributed by atoms with Crippen LogP contribution in [0.25, 0.3) is 0 Å². The number of nitrogens with one attached hydrogen (secondary N) is 1. The molecule has 0 aromatic heterocycles. The van der Waals surface area contributed by atoms with Gasteiger partial charge in [0, 0.05) is 31.4 Å². The summed E-state index contributed by atoms with van der Waals surface area (Å²) in [4.78, 5) is 14.2. The maximum atomic E-state index is 13.6. The van der Waals surface area contributed by atoms with Crippen molar-refractivity contribution in [1.29, 1.82) is 0 Å². The number of aliphatic hydroxyl groups is 1. The average Bonchev–Trinajstić information content (AvgIpc) is 2.66. The molecule has 2 aromatic rings. The quantitative estimate of drug-likeness (QED) is 0.857. The highest BCUT2D eigenvalue weighted by Gasteiger charge is 2.16. The molecule has 1 aliphatic rings. The van der Waals surface area contributed by atoms with Gasteiger partial charge < -0.3 is 20.1 Å². The number of nitrogens with zero attached hydrogens (tertiary/aromatic N) is 1. The molecule has 0 aliphatic carbocycles. The normalized spacial score (nSPS) is 15.6. The Morgan fingerprint density at radius 1 is 1.15 bits per heavy atom. The third kappa shape index (κ3) is 4.36. The molecule has 138 valence electrons.